The molecule has 0 spiro atoms. The van der Waals surface area contributed by atoms with Crippen molar-refractivity contribution in [2.24, 2.45) is 11.8 Å². The fourth-order valence-electron chi connectivity index (χ4n) is 5.92. The van der Waals surface area contributed by atoms with E-state index in [-0.39, 0.29) is 12.1 Å². The summed E-state index contributed by atoms with van der Waals surface area (Å²) >= 11 is 0. The van der Waals surface area contributed by atoms with Gasteiger partial charge in [0.2, 0.25) is 5.91 Å². The molecule has 0 radical (unpaired) electrons. The molecule has 0 saturated carbocycles. The van der Waals surface area contributed by atoms with Gasteiger partial charge in [-0.15, -0.1) is 0 Å². The summed E-state index contributed by atoms with van der Waals surface area (Å²) in [6.07, 6.45) is 10.0. The number of nitrogens with zero attached hydrogens (tertiary/aromatic N) is 2. The zero-order chi connectivity index (χ0) is 18.1. The molecule has 26 heavy (non-hydrogen) atoms. The Kier molecular flexibility index (Phi) is 5.53. The molecular formula is C21H34N2O3. The Bertz CT molecular complexity index is 537. The van der Waals surface area contributed by atoms with Gasteiger partial charge in [0.25, 0.3) is 0 Å². The first-order chi connectivity index (χ1) is 12.7. The van der Waals surface area contributed by atoms with Crippen LogP contribution in [0.5, 0.6) is 0 Å². The lowest BCUT2D eigenvalue weighted by Gasteiger charge is -2.57. The molecule has 2 bridgehead atoms. The van der Waals surface area contributed by atoms with Crippen LogP contribution in [0.25, 0.3) is 0 Å². The Morgan fingerprint density at radius 2 is 1.96 bits per heavy atom. The highest BCUT2D eigenvalue weighted by Crippen LogP contribution is 2.43. The van der Waals surface area contributed by atoms with E-state index >= 15 is 0 Å². The second-order valence-electron chi connectivity index (χ2n) is 8.92. The number of hydrogen-bond donors (Lipinski definition) is 0. The largest absolute Gasteiger partial charge is 0.462 e. The second-order valence-corrected chi connectivity index (χ2v) is 8.92. The molecule has 4 fully saturated rings. The van der Waals surface area contributed by atoms with E-state index in [2.05, 4.69) is 16.7 Å². The molecule has 4 aliphatic rings. The Morgan fingerprint density at radius 3 is 2.81 bits per heavy atom. The molecule has 146 valence electrons. The number of hydrogen-bond acceptors (Lipinski definition) is 4. The normalized spacial score (nSPS) is 37.0. The highest BCUT2D eigenvalue weighted by atomic mass is 16.5. The Hall–Kier alpha value is -1.10. The summed E-state index contributed by atoms with van der Waals surface area (Å²) in [6.45, 7) is 5.26. The van der Waals surface area contributed by atoms with Gasteiger partial charge in [-0.05, 0) is 43.9 Å². The predicted molar refractivity (Wildman–Crippen MR) is 99.6 cm³/mol. The van der Waals surface area contributed by atoms with E-state index < -0.39 is 0 Å². The number of rotatable bonds is 5. The third-order valence-corrected chi connectivity index (χ3v) is 7.20. The third kappa shape index (κ3) is 3.64. The molecule has 0 aromatic heterocycles. The fraction of sp³-hybridized carbons (Fsp3) is 0.905. The number of esters is 1. The molecule has 0 aromatic rings. The van der Waals surface area contributed by atoms with Gasteiger partial charge in [-0.25, -0.2) is 0 Å². The molecule has 5 nitrogen and oxygen atoms in total. The van der Waals surface area contributed by atoms with Crippen LogP contribution in [-0.4, -0.2) is 59.5 Å². The first-order valence-corrected chi connectivity index (χ1v) is 10.9. The number of ether oxygens (including phenoxy) is 1. The van der Waals surface area contributed by atoms with Crippen molar-refractivity contribution < 1.29 is 14.3 Å². The molecule has 4 rings (SSSR count). The van der Waals surface area contributed by atoms with E-state index in [1.54, 1.807) is 0 Å². The van der Waals surface area contributed by atoms with Crippen LogP contribution < -0.4 is 0 Å². The van der Waals surface area contributed by atoms with Gasteiger partial charge in [-0.2, -0.15) is 0 Å². The lowest BCUT2D eigenvalue weighted by atomic mass is 9.70. The quantitative estimate of drug-likeness (QED) is 0.557. The maximum Gasteiger partial charge on any atom is 0.306 e. The average molecular weight is 363 g/mol. The second kappa shape index (κ2) is 7.87. The summed E-state index contributed by atoms with van der Waals surface area (Å²) in [4.78, 5) is 29.4. The van der Waals surface area contributed by atoms with Crippen molar-refractivity contribution in [3.05, 3.63) is 0 Å². The average Bonchev–Trinajstić information content (AvgIpc) is 2.63. The van der Waals surface area contributed by atoms with Gasteiger partial charge in [0.05, 0.1) is 0 Å². The van der Waals surface area contributed by atoms with Gasteiger partial charge in [-0.3, -0.25) is 14.5 Å². The van der Waals surface area contributed by atoms with Crippen LogP contribution in [0.2, 0.25) is 0 Å². The molecule has 1 unspecified atom stereocenters. The lowest BCUT2D eigenvalue weighted by molar-refractivity contribution is -0.159. The minimum Gasteiger partial charge on any atom is -0.462 e. The first-order valence-electron chi connectivity index (χ1n) is 10.9. The SMILES string of the molecule is CCCCCC(=O)OC1CCN2C[C@@H]3C[C@@H](CN4C(=O)CCC[C@H]34)[C@@H]2C1. The molecule has 4 aliphatic heterocycles. The van der Waals surface area contributed by atoms with Crippen LogP contribution >= 0.6 is 0 Å². The van der Waals surface area contributed by atoms with E-state index in [1.165, 1.54) is 12.8 Å². The molecule has 4 heterocycles. The molecule has 0 aromatic carbocycles. The maximum atomic E-state index is 12.4. The molecule has 4 saturated heterocycles. The van der Waals surface area contributed by atoms with Crippen LogP contribution in [-0.2, 0) is 14.3 Å². The van der Waals surface area contributed by atoms with Gasteiger partial charge in [0.1, 0.15) is 6.10 Å². The van der Waals surface area contributed by atoms with Crippen molar-refractivity contribution in [2.45, 2.75) is 89.3 Å². The molecule has 5 atom stereocenters. The van der Waals surface area contributed by atoms with Crippen LogP contribution in [0.15, 0.2) is 0 Å². The van der Waals surface area contributed by atoms with E-state index in [1.807, 2.05) is 0 Å². The summed E-state index contributed by atoms with van der Waals surface area (Å²) < 4.78 is 5.81. The molecular weight excluding hydrogens is 328 g/mol. The summed E-state index contributed by atoms with van der Waals surface area (Å²) in [5.74, 6) is 1.58. The van der Waals surface area contributed by atoms with Gasteiger partial charge in [0, 0.05) is 51.0 Å². The predicted octanol–water partition coefficient (Wildman–Crippen LogP) is 2.97. The Morgan fingerprint density at radius 1 is 1.12 bits per heavy atom. The van der Waals surface area contributed by atoms with Gasteiger partial charge >= 0.3 is 5.97 Å². The fourth-order valence-corrected chi connectivity index (χ4v) is 5.92. The molecule has 0 aliphatic carbocycles. The van der Waals surface area contributed by atoms with Crippen molar-refractivity contribution >= 4 is 11.9 Å². The summed E-state index contributed by atoms with van der Waals surface area (Å²) in [7, 11) is 0. The number of fused-ring (bicyclic) bond motifs is 6. The minimum atomic E-state index is -0.0134. The minimum absolute atomic E-state index is 0.0134. The van der Waals surface area contributed by atoms with E-state index in [4.69, 9.17) is 4.74 Å². The van der Waals surface area contributed by atoms with Crippen LogP contribution in [0.4, 0.5) is 0 Å². The Balaban J connectivity index is 1.35. The Labute approximate surface area is 157 Å². The number of unbranched alkanes of at least 4 members (excludes halogenated alkanes) is 2. The van der Waals surface area contributed by atoms with Crippen LogP contribution in [0.3, 0.4) is 0 Å². The first kappa shape index (κ1) is 18.3. The third-order valence-electron chi connectivity index (χ3n) is 7.20. The zero-order valence-corrected chi connectivity index (χ0v) is 16.2. The number of amides is 1. The standard InChI is InChI=1S/C21H34N2O3/c1-2-3-4-8-21(25)26-17-9-10-22-13-15-11-16(19(22)12-17)14-23-18(15)6-5-7-20(23)24/h15-19H,2-14H2,1H3/t15-,16-,17?,18+,19-/m0/s1. The maximum absolute atomic E-state index is 12.4. The topological polar surface area (TPSA) is 49.9 Å². The highest BCUT2D eigenvalue weighted by Gasteiger charge is 2.49. The molecule has 0 N–H and O–H groups in total. The lowest BCUT2D eigenvalue weighted by Crippen LogP contribution is -2.65. The van der Waals surface area contributed by atoms with Crippen molar-refractivity contribution in [1.29, 1.82) is 0 Å². The van der Waals surface area contributed by atoms with Crippen LogP contribution in [0.1, 0.15) is 71.1 Å². The summed E-state index contributed by atoms with van der Waals surface area (Å²) in [5, 5.41) is 0. The van der Waals surface area contributed by atoms with E-state index in [0.29, 0.717) is 36.2 Å². The zero-order valence-electron chi connectivity index (χ0n) is 16.2. The number of carbonyl (C=O) groups is 2. The monoisotopic (exact) mass is 362 g/mol. The van der Waals surface area contributed by atoms with Crippen molar-refractivity contribution in [3.63, 3.8) is 0 Å². The van der Waals surface area contributed by atoms with Gasteiger partial charge in [0.15, 0.2) is 0 Å². The van der Waals surface area contributed by atoms with Crippen molar-refractivity contribution in [2.75, 3.05) is 19.6 Å². The van der Waals surface area contributed by atoms with E-state index in [9.17, 15) is 9.59 Å². The van der Waals surface area contributed by atoms with Crippen molar-refractivity contribution in [3.8, 4) is 0 Å². The molecule has 1 amide bonds. The van der Waals surface area contributed by atoms with Crippen LogP contribution in [0, 0.1) is 11.8 Å². The van der Waals surface area contributed by atoms with Gasteiger partial charge < -0.3 is 9.64 Å². The molecule has 5 heteroatoms. The van der Waals surface area contributed by atoms with Crippen molar-refractivity contribution in [1.82, 2.24) is 9.80 Å². The van der Waals surface area contributed by atoms with E-state index in [0.717, 1.165) is 64.6 Å². The smallest absolute Gasteiger partial charge is 0.306 e. The highest BCUT2D eigenvalue weighted by molar-refractivity contribution is 5.77. The number of carbonyl (C=O) groups excluding carboxylic acids is 2. The summed E-state index contributed by atoms with van der Waals surface area (Å²) in [6, 6.07) is 0.978. The van der Waals surface area contributed by atoms with Gasteiger partial charge in [-0.1, -0.05) is 19.8 Å². The summed E-state index contributed by atoms with van der Waals surface area (Å²) in [5.41, 5.74) is 0. The number of piperidine rings is 4.